The van der Waals surface area contributed by atoms with Crippen molar-refractivity contribution in [1.29, 1.82) is 0 Å². The largest absolute Gasteiger partial charge is 0.491 e. The summed E-state index contributed by atoms with van der Waals surface area (Å²) in [5.74, 6) is 0.662. The SMILES string of the molecule is CCCCOc1ccccc1NCC(=O)Nc1ccccc1Br. The van der Waals surface area contributed by atoms with Crippen molar-refractivity contribution < 1.29 is 9.53 Å². The number of nitrogens with one attached hydrogen (secondary N) is 2. The first-order valence-corrected chi connectivity index (χ1v) is 8.50. The summed E-state index contributed by atoms with van der Waals surface area (Å²) in [4.78, 5) is 12.1. The van der Waals surface area contributed by atoms with Crippen LogP contribution in [0.4, 0.5) is 11.4 Å². The molecule has 0 saturated carbocycles. The highest BCUT2D eigenvalue weighted by Gasteiger charge is 2.07. The first-order valence-electron chi connectivity index (χ1n) is 7.70. The molecule has 2 rings (SSSR count). The van der Waals surface area contributed by atoms with E-state index in [4.69, 9.17) is 4.74 Å². The topological polar surface area (TPSA) is 50.4 Å². The Kier molecular flexibility index (Phi) is 6.94. The number of carbonyl (C=O) groups excluding carboxylic acids is 1. The molecule has 2 N–H and O–H groups in total. The van der Waals surface area contributed by atoms with Crippen LogP contribution in [0.5, 0.6) is 5.75 Å². The minimum atomic E-state index is -0.111. The van der Waals surface area contributed by atoms with Crippen molar-refractivity contribution in [3.05, 3.63) is 53.0 Å². The van der Waals surface area contributed by atoms with Crippen LogP contribution in [-0.4, -0.2) is 19.1 Å². The van der Waals surface area contributed by atoms with Gasteiger partial charge in [0.1, 0.15) is 5.75 Å². The van der Waals surface area contributed by atoms with Gasteiger partial charge in [0.15, 0.2) is 0 Å². The Morgan fingerprint density at radius 2 is 1.78 bits per heavy atom. The predicted molar refractivity (Wildman–Crippen MR) is 98.1 cm³/mol. The molecule has 0 aliphatic carbocycles. The molecule has 2 aromatic rings. The molecular weight excluding hydrogens is 356 g/mol. The van der Waals surface area contributed by atoms with Crippen LogP contribution in [0.2, 0.25) is 0 Å². The van der Waals surface area contributed by atoms with Gasteiger partial charge in [0.25, 0.3) is 0 Å². The molecule has 122 valence electrons. The summed E-state index contributed by atoms with van der Waals surface area (Å²) < 4.78 is 6.60. The molecular formula is C18H21BrN2O2. The van der Waals surface area contributed by atoms with E-state index in [1.165, 1.54) is 0 Å². The van der Waals surface area contributed by atoms with Crippen LogP contribution >= 0.6 is 15.9 Å². The standard InChI is InChI=1S/C18H21BrN2O2/c1-2-3-12-23-17-11-7-6-10-16(17)20-13-18(22)21-15-9-5-4-8-14(15)19/h4-11,20H,2-3,12-13H2,1H3,(H,21,22). The monoisotopic (exact) mass is 376 g/mol. The highest BCUT2D eigenvalue weighted by Crippen LogP contribution is 2.24. The number of anilines is 2. The van der Waals surface area contributed by atoms with Crippen molar-refractivity contribution in [3.63, 3.8) is 0 Å². The lowest BCUT2D eigenvalue weighted by molar-refractivity contribution is -0.114. The Morgan fingerprint density at radius 3 is 2.52 bits per heavy atom. The van der Waals surface area contributed by atoms with Crippen LogP contribution in [0.25, 0.3) is 0 Å². The van der Waals surface area contributed by atoms with E-state index in [1.807, 2.05) is 48.5 Å². The van der Waals surface area contributed by atoms with E-state index in [2.05, 4.69) is 33.5 Å². The fourth-order valence-electron chi connectivity index (χ4n) is 2.00. The van der Waals surface area contributed by atoms with Crippen molar-refractivity contribution >= 4 is 33.2 Å². The molecule has 0 unspecified atom stereocenters. The summed E-state index contributed by atoms with van der Waals surface area (Å²) in [5.41, 5.74) is 1.58. The Morgan fingerprint density at radius 1 is 1.09 bits per heavy atom. The maximum atomic E-state index is 12.1. The maximum absolute atomic E-state index is 12.1. The van der Waals surface area contributed by atoms with E-state index in [9.17, 15) is 4.79 Å². The van der Waals surface area contributed by atoms with Crippen molar-refractivity contribution in [1.82, 2.24) is 0 Å². The number of amides is 1. The number of hydrogen-bond acceptors (Lipinski definition) is 3. The third-order valence-electron chi connectivity index (χ3n) is 3.23. The van der Waals surface area contributed by atoms with Crippen LogP contribution in [0.15, 0.2) is 53.0 Å². The molecule has 0 heterocycles. The lowest BCUT2D eigenvalue weighted by Gasteiger charge is -2.13. The number of para-hydroxylation sites is 3. The molecule has 0 aliphatic rings. The van der Waals surface area contributed by atoms with E-state index in [0.29, 0.717) is 6.61 Å². The van der Waals surface area contributed by atoms with E-state index in [1.54, 1.807) is 0 Å². The summed E-state index contributed by atoms with van der Waals surface area (Å²) in [6, 6.07) is 15.2. The first-order chi connectivity index (χ1) is 11.2. The Labute approximate surface area is 145 Å². The molecule has 0 radical (unpaired) electrons. The van der Waals surface area contributed by atoms with Crippen LogP contribution in [0, 0.1) is 0 Å². The van der Waals surface area contributed by atoms with Gasteiger partial charge < -0.3 is 15.4 Å². The summed E-state index contributed by atoms with van der Waals surface area (Å²) >= 11 is 3.41. The molecule has 0 bridgehead atoms. The predicted octanol–water partition coefficient (Wildman–Crippen LogP) is 4.68. The minimum Gasteiger partial charge on any atom is -0.491 e. The second-order valence-electron chi connectivity index (χ2n) is 5.08. The Bertz CT molecular complexity index is 646. The smallest absolute Gasteiger partial charge is 0.243 e. The lowest BCUT2D eigenvalue weighted by Crippen LogP contribution is -2.22. The molecule has 0 saturated heterocycles. The fraction of sp³-hybridized carbons (Fsp3) is 0.278. The van der Waals surface area contributed by atoms with Crippen molar-refractivity contribution in [2.24, 2.45) is 0 Å². The van der Waals surface area contributed by atoms with E-state index in [0.717, 1.165) is 34.4 Å². The van der Waals surface area contributed by atoms with Gasteiger partial charge in [-0.3, -0.25) is 4.79 Å². The molecule has 5 heteroatoms. The molecule has 0 aliphatic heterocycles. The van der Waals surface area contributed by atoms with Crippen molar-refractivity contribution in [2.75, 3.05) is 23.8 Å². The van der Waals surface area contributed by atoms with Crippen LogP contribution in [-0.2, 0) is 4.79 Å². The number of unbranched alkanes of at least 4 members (excludes halogenated alkanes) is 1. The fourth-order valence-corrected chi connectivity index (χ4v) is 2.38. The zero-order chi connectivity index (χ0) is 16.5. The molecule has 1 amide bonds. The van der Waals surface area contributed by atoms with Gasteiger partial charge in [-0.25, -0.2) is 0 Å². The van der Waals surface area contributed by atoms with Gasteiger partial charge in [-0.05, 0) is 46.6 Å². The van der Waals surface area contributed by atoms with Gasteiger partial charge in [0.05, 0.1) is 24.5 Å². The molecule has 0 aromatic heterocycles. The normalized spacial score (nSPS) is 10.2. The van der Waals surface area contributed by atoms with Gasteiger partial charge in [-0.1, -0.05) is 37.6 Å². The third-order valence-corrected chi connectivity index (χ3v) is 3.92. The molecule has 2 aromatic carbocycles. The maximum Gasteiger partial charge on any atom is 0.243 e. The third kappa shape index (κ3) is 5.60. The van der Waals surface area contributed by atoms with Crippen molar-refractivity contribution in [2.45, 2.75) is 19.8 Å². The van der Waals surface area contributed by atoms with Crippen LogP contribution in [0.1, 0.15) is 19.8 Å². The summed E-state index contributed by atoms with van der Waals surface area (Å²) in [6.07, 6.45) is 2.10. The summed E-state index contributed by atoms with van der Waals surface area (Å²) in [5, 5.41) is 5.99. The molecule has 23 heavy (non-hydrogen) atoms. The summed E-state index contributed by atoms with van der Waals surface area (Å²) in [6.45, 7) is 2.98. The van der Waals surface area contributed by atoms with E-state index < -0.39 is 0 Å². The quantitative estimate of drug-likeness (QED) is 0.657. The minimum absolute atomic E-state index is 0.111. The molecule has 0 atom stereocenters. The second-order valence-corrected chi connectivity index (χ2v) is 5.93. The zero-order valence-electron chi connectivity index (χ0n) is 13.1. The Balaban J connectivity index is 1.90. The second kappa shape index (κ2) is 9.20. The number of hydrogen-bond donors (Lipinski definition) is 2. The number of ether oxygens (including phenoxy) is 1. The van der Waals surface area contributed by atoms with Gasteiger partial charge >= 0.3 is 0 Å². The number of benzene rings is 2. The highest BCUT2D eigenvalue weighted by atomic mass is 79.9. The molecule has 4 nitrogen and oxygen atoms in total. The van der Waals surface area contributed by atoms with Crippen LogP contribution < -0.4 is 15.4 Å². The number of rotatable bonds is 8. The van der Waals surface area contributed by atoms with E-state index >= 15 is 0 Å². The lowest BCUT2D eigenvalue weighted by atomic mass is 10.3. The Hall–Kier alpha value is -2.01. The highest BCUT2D eigenvalue weighted by molar-refractivity contribution is 9.10. The molecule has 0 fully saturated rings. The zero-order valence-corrected chi connectivity index (χ0v) is 14.7. The first kappa shape index (κ1) is 17.3. The van der Waals surface area contributed by atoms with Gasteiger partial charge in [-0.2, -0.15) is 0 Å². The van der Waals surface area contributed by atoms with Crippen molar-refractivity contribution in [3.8, 4) is 5.75 Å². The average molecular weight is 377 g/mol. The van der Waals surface area contributed by atoms with Crippen LogP contribution in [0.3, 0.4) is 0 Å². The van der Waals surface area contributed by atoms with Gasteiger partial charge in [-0.15, -0.1) is 0 Å². The molecule has 0 spiro atoms. The number of halogens is 1. The summed E-state index contributed by atoms with van der Waals surface area (Å²) in [7, 11) is 0. The average Bonchev–Trinajstić information content (AvgIpc) is 2.56. The van der Waals surface area contributed by atoms with E-state index in [-0.39, 0.29) is 12.5 Å². The van der Waals surface area contributed by atoms with Gasteiger partial charge in [0.2, 0.25) is 5.91 Å². The van der Waals surface area contributed by atoms with Gasteiger partial charge in [0, 0.05) is 4.47 Å². The number of carbonyl (C=O) groups is 1.